The Morgan fingerprint density at radius 2 is 1.58 bits per heavy atom. The van der Waals surface area contributed by atoms with Crippen LogP contribution in [0, 0.1) is 0 Å². The summed E-state index contributed by atoms with van der Waals surface area (Å²) in [5.74, 6) is -1.39. The average Bonchev–Trinajstić information content (AvgIpc) is 2.27. The number of nitrogens with zero attached hydrogens (tertiary/aromatic N) is 1. The molecular weight excluding hydrogens is 294 g/mol. The average molecular weight is 313 g/mol. The van der Waals surface area contributed by atoms with Crippen LogP contribution in [0.4, 0.5) is 0 Å². The molecule has 1 fully saturated rings. The van der Waals surface area contributed by atoms with Gasteiger partial charge < -0.3 is 5.11 Å². The van der Waals surface area contributed by atoms with Crippen LogP contribution in [0.2, 0.25) is 0 Å². The number of sulfone groups is 1. The minimum atomic E-state index is -3.85. The van der Waals surface area contributed by atoms with E-state index in [1.165, 1.54) is 4.31 Å². The Bertz CT molecular complexity index is 555. The minimum absolute atomic E-state index is 0.110. The van der Waals surface area contributed by atoms with Gasteiger partial charge in [-0.05, 0) is 26.7 Å². The Labute approximate surface area is 113 Å². The Morgan fingerprint density at radius 1 is 1.16 bits per heavy atom. The molecule has 1 rings (SSSR count). The van der Waals surface area contributed by atoms with Crippen molar-refractivity contribution in [1.82, 2.24) is 4.31 Å². The first-order valence-corrected chi connectivity index (χ1v) is 9.22. The van der Waals surface area contributed by atoms with E-state index in [1.807, 2.05) is 0 Å². The van der Waals surface area contributed by atoms with Crippen molar-refractivity contribution in [3.8, 4) is 0 Å². The third-order valence-corrected chi connectivity index (χ3v) is 7.78. The van der Waals surface area contributed by atoms with Gasteiger partial charge in [-0.2, -0.15) is 0 Å². The summed E-state index contributed by atoms with van der Waals surface area (Å²) in [6.45, 7) is 2.54. The lowest BCUT2D eigenvalue weighted by atomic mass is 10.2. The third-order valence-electron chi connectivity index (χ3n) is 3.54. The summed E-state index contributed by atoms with van der Waals surface area (Å²) in [6.07, 6.45) is 1.33. The standard InChI is InChI=1S/C10H19NO6S2/c1-10(2,9(12)13)19(16,17)8-4-6-11(7-5-8)18(3,14)15/h8H,4-7H2,1-3H3,(H,12,13). The molecular formula is C10H19NO6S2. The van der Waals surface area contributed by atoms with Crippen molar-refractivity contribution in [3.05, 3.63) is 0 Å². The number of hydrogen-bond donors (Lipinski definition) is 1. The van der Waals surface area contributed by atoms with Crippen LogP contribution in [-0.2, 0) is 24.7 Å². The number of rotatable bonds is 4. The zero-order valence-electron chi connectivity index (χ0n) is 11.2. The maximum atomic E-state index is 12.3. The lowest BCUT2D eigenvalue weighted by Gasteiger charge is -2.33. The van der Waals surface area contributed by atoms with Gasteiger partial charge in [0, 0.05) is 13.1 Å². The van der Waals surface area contributed by atoms with Gasteiger partial charge in [-0.25, -0.2) is 21.1 Å². The molecule has 0 unspecified atom stereocenters. The SMILES string of the molecule is CC(C)(C(=O)O)S(=O)(=O)C1CCN(S(C)(=O)=O)CC1. The number of sulfonamides is 1. The van der Waals surface area contributed by atoms with Gasteiger partial charge in [-0.1, -0.05) is 0 Å². The molecule has 19 heavy (non-hydrogen) atoms. The topological polar surface area (TPSA) is 109 Å². The van der Waals surface area contributed by atoms with E-state index in [-0.39, 0.29) is 25.9 Å². The van der Waals surface area contributed by atoms with Crippen molar-refractivity contribution in [2.75, 3.05) is 19.3 Å². The molecule has 0 radical (unpaired) electrons. The molecule has 9 heteroatoms. The highest BCUT2D eigenvalue weighted by Crippen LogP contribution is 2.28. The number of carboxylic acids is 1. The second-order valence-electron chi connectivity index (χ2n) is 5.22. The lowest BCUT2D eigenvalue weighted by molar-refractivity contribution is -0.139. The number of carboxylic acid groups (broad SMARTS) is 1. The highest BCUT2D eigenvalue weighted by Gasteiger charge is 2.47. The van der Waals surface area contributed by atoms with E-state index in [0.717, 1.165) is 20.1 Å². The molecule has 0 aromatic rings. The summed E-state index contributed by atoms with van der Waals surface area (Å²) >= 11 is 0. The Balaban J connectivity index is 2.90. The highest BCUT2D eigenvalue weighted by molar-refractivity contribution is 7.94. The van der Waals surface area contributed by atoms with E-state index >= 15 is 0 Å². The molecule has 1 aliphatic heterocycles. The van der Waals surface area contributed by atoms with E-state index < -0.39 is 35.8 Å². The molecule has 0 aromatic carbocycles. The Morgan fingerprint density at radius 3 is 1.89 bits per heavy atom. The molecule has 0 aliphatic carbocycles. The summed E-state index contributed by atoms with van der Waals surface area (Å²) < 4.78 is 46.5. The minimum Gasteiger partial charge on any atom is -0.480 e. The van der Waals surface area contributed by atoms with Crippen LogP contribution in [0.5, 0.6) is 0 Å². The maximum Gasteiger partial charge on any atom is 0.324 e. The van der Waals surface area contributed by atoms with Crippen molar-refractivity contribution in [2.24, 2.45) is 0 Å². The summed E-state index contributed by atoms with van der Waals surface area (Å²) in [5.41, 5.74) is 0. The Kier molecular flexibility index (Phi) is 4.33. The molecule has 7 nitrogen and oxygen atoms in total. The van der Waals surface area contributed by atoms with Gasteiger partial charge in [0.25, 0.3) is 0 Å². The molecule has 1 saturated heterocycles. The molecule has 1 N–H and O–H groups in total. The van der Waals surface area contributed by atoms with Gasteiger partial charge in [0.15, 0.2) is 14.6 Å². The van der Waals surface area contributed by atoms with Crippen molar-refractivity contribution >= 4 is 25.8 Å². The lowest BCUT2D eigenvalue weighted by Crippen LogP contribution is -2.50. The molecule has 1 heterocycles. The number of aliphatic carboxylic acids is 1. The molecule has 112 valence electrons. The monoisotopic (exact) mass is 313 g/mol. The van der Waals surface area contributed by atoms with Gasteiger partial charge >= 0.3 is 5.97 Å². The van der Waals surface area contributed by atoms with Gasteiger partial charge in [-0.3, -0.25) is 4.79 Å². The van der Waals surface area contributed by atoms with E-state index in [0.29, 0.717) is 0 Å². The van der Waals surface area contributed by atoms with Crippen LogP contribution in [0.1, 0.15) is 26.7 Å². The predicted molar refractivity (Wildman–Crippen MR) is 70.1 cm³/mol. The van der Waals surface area contributed by atoms with Crippen molar-refractivity contribution < 1.29 is 26.7 Å². The quantitative estimate of drug-likeness (QED) is 0.762. The van der Waals surface area contributed by atoms with Gasteiger partial charge in [0.2, 0.25) is 10.0 Å². The molecule has 0 bridgehead atoms. The zero-order valence-corrected chi connectivity index (χ0v) is 12.8. The van der Waals surface area contributed by atoms with Gasteiger partial charge in [-0.15, -0.1) is 0 Å². The zero-order chi connectivity index (χ0) is 15.1. The van der Waals surface area contributed by atoms with Gasteiger partial charge in [0.1, 0.15) is 0 Å². The fraction of sp³-hybridized carbons (Fsp3) is 0.900. The summed E-state index contributed by atoms with van der Waals surface area (Å²) in [4.78, 5) is 11.0. The van der Waals surface area contributed by atoms with Crippen molar-refractivity contribution in [2.45, 2.75) is 36.7 Å². The predicted octanol–water partition coefficient (Wildman–Crippen LogP) is -0.312. The molecule has 0 saturated carbocycles. The van der Waals surface area contributed by atoms with Crippen LogP contribution < -0.4 is 0 Å². The third kappa shape index (κ3) is 3.09. The van der Waals surface area contributed by atoms with E-state index in [9.17, 15) is 21.6 Å². The number of piperidine rings is 1. The summed E-state index contributed by atoms with van der Waals surface area (Å²) in [6, 6.07) is 0. The molecule has 0 amide bonds. The van der Waals surface area contributed by atoms with Crippen LogP contribution in [0.15, 0.2) is 0 Å². The first-order chi connectivity index (χ1) is 8.40. The molecule has 0 spiro atoms. The van der Waals surface area contributed by atoms with E-state index in [1.54, 1.807) is 0 Å². The fourth-order valence-electron chi connectivity index (χ4n) is 2.01. The number of hydrogen-bond acceptors (Lipinski definition) is 5. The van der Waals surface area contributed by atoms with Crippen LogP contribution >= 0.6 is 0 Å². The van der Waals surface area contributed by atoms with Crippen molar-refractivity contribution in [1.29, 1.82) is 0 Å². The van der Waals surface area contributed by atoms with Crippen LogP contribution in [0.3, 0.4) is 0 Å². The molecule has 0 aromatic heterocycles. The van der Waals surface area contributed by atoms with E-state index in [2.05, 4.69) is 0 Å². The normalized spacial score (nSPS) is 20.4. The van der Waals surface area contributed by atoms with Crippen molar-refractivity contribution in [3.63, 3.8) is 0 Å². The second-order valence-corrected chi connectivity index (χ2v) is 9.98. The smallest absolute Gasteiger partial charge is 0.324 e. The van der Waals surface area contributed by atoms with Crippen LogP contribution in [-0.4, -0.2) is 61.6 Å². The maximum absolute atomic E-state index is 12.3. The van der Waals surface area contributed by atoms with E-state index in [4.69, 9.17) is 5.11 Å². The summed E-state index contributed by atoms with van der Waals surface area (Å²) in [5, 5.41) is 8.19. The van der Waals surface area contributed by atoms with Crippen LogP contribution in [0.25, 0.3) is 0 Å². The largest absolute Gasteiger partial charge is 0.480 e. The first-order valence-electron chi connectivity index (χ1n) is 5.82. The second kappa shape index (κ2) is 5.02. The fourth-order valence-corrected chi connectivity index (χ4v) is 4.79. The number of carbonyl (C=O) groups is 1. The van der Waals surface area contributed by atoms with Gasteiger partial charge in [0.05, 0.1) is 11.5 Å². The highest BCUT2D eigenvalue weighted by atomic mass is 32.2. The first kappa shape index (κ1) is 16.4. The summed E-state index contributed by atoms with van der Waals surface area (Å²) in [7, 11) is -7.18. The molecule has 1 aliphatic rings. The molecule has 0 atom stereocenters. The Hall–Kier alpha value is -0.670.